The second-order valence-electron chi connectivity index (χ2n) is 4.80. The molecule has 0 saturated carbocycles. The number of nitrogens with two attached hydrogens (primary N) is 2. The maximum atomic E-state index is 12.1. The summed E-state index contributed by atoms with van der Waals surface area (Å²) in [7, 11) is 0. The minimum atomic E-state index is -0.202. The van der Waals surface area contributed by atoms with Gasteiger partial charge in [0.25, 0.3) is 5.91 Å². The number of fused-ring (bicyclic) bond motifs is 1. The van der Waals surface area contributed by atoms with Gasteiger partial charge >= 0.3 is 0 Å². The summed E-state index contributed by atoms with van der Waals surface area (Å²) in [6.07, 6.45) is 0. The normalized spacial score (nSPS) is 10.8. The molecule has 1 aromatic carbocycles. The molecule has 0 spiro atoms. The molecule has 0 aliphatic carbocycles. The number of pyridine rings is 1. The van der Waals surface area contributed by atoms with Crippen LogP contribution in [0.25, 0.3) is 21.5 Å². The predicted octanol–water partition coefficient (Wildman–Crippen LogP) is 2.23. The molecule has 0 aliphatic heterocycles. The van der Waals surface area contributed by atoms with Crippen LogP contribution < -0.4 is 16.8 Å². The van der Waals surface area contributed by atoms with Crippen molar-refractivity contribution in [2.75, 3.05) is 18.8 Å². The Morgan fingerprint density at radius 2 is 1.95 bits per heavy atom. The standard InChI is InChI=1S/C16H16N4OS/c17-8-9-19-15(21)14-13(18)11-6-7-12(20-16(11)22-14)10-4-2-1-3-5-10/h1-7H,8-9,17-18H2,(H,19,21). The topological polar surface area (TPSA) is 94.0 Å². The van der Waals surface area contributed by atoms with E-state index in [2.05, 4.69) is 10.3 Å². The van der Waals surface area contributed by atoms with Crippen molar-refractivity contribution in [2.24, 2.45) is 5.73 Å². The van der Waals surface area contributed by atoms with E-state index in [-0.39, 0.29) is 5.91 Å². The van der Waals surface area contributed by atoms with Gasteiger partial charge in [0.2, 0.25) is 0 Å². The van der Waals surface area contributed by atoms with E-state index < -0.39 is 0 Å². The number of nitrogens with zero attached hydrogens (tertiary/aromatic N) is 1. The van der Waals surface area contributed by atoms with Crippen molar-refractivity contribution in [3.05, 3.63) is 47.3 Å². The van der Waals surface area contributed by atoms with Crippen LogP contribution in [0.3, 0.4) is 0 Å². The van der Waals surface area contributed by atoms with Gasteiger partial charge in [-0.2, -0.15) is 0 Å². The van der Waals surface area contributed by atoms with Gasteiger partial charge in [-0.1, -0.05) is 30.3 Å². The zero-order valence-corrected chi connectivity index (χ0v) is 12.7. The van der Waals surface area contributed by atoms with E-state index in [1.165, 1.54) is 11.3 Å². The molecule has 112 valence electrons. The van der Waals surface area contributed by atoms with Gasteiger partial charge in [-0.05, 0) is 12.1 Å². The number of anilines is 1. The highest BCUT2D eigenvalue weighted by Crippen LogP contribution is 2.34. The number of hydrogen-bond donors (Lipinski definition) is 3. The van der Waals surface area contributed by atoms with Gasteiger partial charge in [0.1, 0.15) is 9.71 Å². The van der Waals surface area contributed by atoms with Crippen molar-refractivity contribution in [1.29, 1.82) is 0 Å². The average Bonchev–Trinajstić information content (AvgIpc) is 2.90. The lowest BCUT2D eigenvalue weighted by molar-refractivity contribution is 0.0959. The largest absolute Gasteiger partial charge is 0.397 e. The SMILES string of the molecule is NCCNC(=O)c1sc2nc(-c3ccccc3)ccc2c1N. The third-order valence-corrected chi connectivity index (χ3v) is 4.41. The summed E-state index contributed by atoms with van der Waals surface area (Å²) in [5, 5.41) is 3.54. The number of benzene rings is 1. The molecule has 3 aromatic rings. The number of amides is 1. The number of nitrogen functional groups attached to an aromatic ring is 1. The van der Waals surface area contributed by atoms with Crippen molar-refractivity contribution in [3.63, 3.8) is 0 Å². The average molecular weight is 312 g/mol. The molecule has 22 heavy (non-hydrogen) atoms. The minimum Gasteiger partial charge on any atom is -0.397 e. The molecule has 0 saturated heterocycles. The molecular formula is C16H16N4OS. The van der Waals surface area contributed by atoms with E-state index in [0.717, 1.165) is 21.5 Å². The number of carbonyl (C=O) groups excluding carboxylic acids is 1. The summed E-state index contributed by atoms with van der Waals surface area (Å²) >= 11 is 1.30. The molecule has 0 aliphatic rings. The summed E-state index contributed by atoms with van der Waals surface area (Å²) in [6.45, 7) is 0.822. The molecule has 0 fully saturated rings. The molecular weight excluding hydrogens is 296 g/mol. The highest BCUT2D eigenvalue weighted by molar-refractivity contribution is 7.21. The van der Waals surface area contributed by atoms with Crippen LogP contribution in [0.15, 0.2) is 42.5 Å². The maximum absolute atomic E-state index is 12.1. The van der Waals surface area contributed by atoms with Crippen LogP contribution in [-0.2, 0) is 0 Å². The smallest absolute Gasteiger partial charge is 0.263 e. The van der Waals surface area contributed by atoms with Gasteiger partial charge in [0.05, 0.1) is 11.4 Å². The van der Waals surface area contributed by atoms with E-state index >= 15 is 0 Å². The molecule has 3 rings (SSSR count). The number of rotatable bonds is 4. The van der Waals surface area contributed by atoms with Crippen LogP contribution in [0.5, 0.6) is 0 Å². The number of nitrogens with one attached hydrogen (secondary N) is 1. The highest BCUT2D eigenvalue weighted by atomic mass is 32.1. The van der Waals surface area contributed by atoms with Crippen molar-refractivity contribution < 1.29 is 4.79 Å². The van der Waals surface area contributed by atoms with Crippen LogP contribution in [0.4, 0.5) is 5.69 Å². The van der Waals surface area contributed by atoms with Crippen molar-refractivity contribution >= 4 is 33.1 Å². The minimum absolute atomic E-state index is 0.202. The van der Waals surface area contributed by atoms with Gasteiger partial charge in [-0.25, -0.2) is 4.98 Å². The Morgan fingerprint density at radius 3 is 2.68 bits per heavy atom. The Morgan fingerprint density at radius 1 is 1.18 bits per heavy atom. The van der Waals surface area contributed by atoms with Crippen molar-refractivity contribution in [1.82, 2.24) is 10.3 Å². The Balaban J connectivity index is 2.01. The van der Waals surface area contributed by atoms with E-state index in [9.17, 15) is 4.79 Å². The predicted molar refractivity (Wildman–Crippen MR) is 90.9 cm³/mol. The van der Waals surface area contributed by atoms with E-state index in [1.807, 2.05) is 42.5 Å². The van der Waals surface area contributed by atoms with Gasteiger partial charge in [-0.3, -0.25) is 4.79 Å². The third-order valence-electron chi connectivity index (χ3n) is 3.30. The first kappa shape index (κ1) is 14.5. The molecule has 1 amide bonds. The molecule has 2 heterocycles. The summed E-state index contributed by atoms with van der Waals surface area (Å²) in [5.41, 5.74) is 13.8. The van der Waals surface area contributed by atoms with Gasteiger partial charge < -0.3 is 16.8 Å². The monoisotopic (exact) mass is 312 g/mol. The zero-order valence-electron chi connectivity index (χ0n) is 11.9. The molecule has 2 aromatic heterocycles. The number of carbonyl (C=O) groups is 1. The molecule has 5 N–H and O–H groups in total. The lowest BCUT2D eigenvalue weighted by Crippen LogP contribution is -2.28. The number of aromatic nitrogens is 1. The first-order chi connectivity index (χ1) is 10.7. The summed E-state index contributed by atoms with van der Waals surface area (Å²) in [4.78, 5) is 18.0. The van der Waals surface area contributed by atoms with Crippen LogP contribution >= 0.6 is 11.3 Å². The van der Waals surface area contributed by atoms with Crippen LogP contribution in [0, 0.1) is 0 Å². The summed E-state index contributed by atoms with van der Waals surface area (Å²) in [6, 6.07) is 13.7. The van der Waals surface area contributed by atoms with E-state index in [1.54, 1.807) is 0 Å². The summed E-state index contributed by atoms with van der Waals surface area (Å²) < 4.78 is 0. The highest BCUT2D eigenvalue weighted by Gasteiger charge is 2.17. The molecule has 0 unspecified atom stereocenters. The van der Waals surface area contributed by atoms with Crippen molar-refractivity contribution in [3.8, 4) is 11.3 Å². The molecule has 6 heteroatoms. The fourth-order valence-electron chi connectivity index (χ4n) is 2.20. The fourth-order valence-corrected chi connectivity index (χ4v) is 3.21. The quantitative estimate of drug-likeness (QED) is 0.688. The van der Waals surface area contributed by atoms with Crippen molar-refractivity contribution in [2.45, 2.75) is 0 Å². The Kier molecular flexibility index (Phi) is 4.04. The van der Waals surface area contributed by atoms with E-state index in [4.69, 9.17) is 11.5 Å². The zero-order chi connectivity index (χ0) is 15.5. The second kappa shape index (κ2) is 6.13. The van der Waals surface area contributed by atoms with Gasteiger partial charge in [-0.15, -0.1) is 11.3 Å². The lowest BCUT2D eigenvalue weighted by atomic mass is 10.1. The Labute approximate surface area is 132 Å². The van der Waals surface area contributed by atoms with E-state index in [0.29, 0.717) is 23.7 Å². The molecule has 0 bridgehead atoms. The Hall–Kier alpha value is -2.44. The fraction of sp³-hybridized carbons (Fsp3) is 0.125. The lowest BCUT2D eigenvalue weighted by Gasteiger charge is -2.01. The third kappa shape index (κ3) is 2.66. The number of thiophene rings is 1. The van der Waals surface area contributed by atoms with Gasteiger partial charge in [0, 0.05) is 24.0 Å². The van der Waals surface area contributed by atoms with Crippen LogP contribution in [0.2, 0.25) is 0 Å². The van der Waals surface area contributed by atoms with Gasteiger partial charge in [0.15, 0.2) is 0 Å². The molecule has 0 radical (unpaired) electrons. The summed E-state index contributed by atoms with van der Waals surface area (Å²) in [5.74, 6) is -0.202. The van der Waals surface area contributed by atoms with Crippen LogP contribution in [0.1, 0.15) is 9.67 Å². The first-order valence-electron chi connectivity index (χ1n) is 6.93. The Bertz CT molecular complexity index is 814. The maximum Gasteiger partial charge on any atom is 0.263 e. The first-order valence-corrected chi connectivity index (χ1v) is 7.75. The number of hydrogen-bond acceptors (Lipinski definition) is 5. The molecule has 5 nitrogen and oxygen atoms in total. The van der Waals surface area contributed by atoms with Crippen LogP contribution in [-0.4, -0.2) is 24.0 Å². The second-order valence-corrected chi connectivity index (χ2v) is 5.80. The molecule has 0 atom stereocenters.